The summed E-state index contributed by atoms with van der Waals surface area (Å²) in [5.41, 5.74) is 0.605. The summed E-state index contributed by atoms with van der Waals surface area (Å²) in [6.45, 7) is 12.2. The lowest BCUT2D eigenvalue weighted by atomic mass is 10.2. The Balaban J connectivity index is 2.39. The van der Waals surface area contributed by atoms with Crippen molar-refractivity contribution in [3.63, 3.8) is 0 Å². The second kappa shape index (κ2) is 5.02. The van der Waals surface area contributed by atoms with Crippen LogP contribution >= 0.6 is 0 Å². The molecular formula is C11H19N3. The SMILES string of the molecule is C=C(C#N)N1CCN(C(C)CC)CC1. The molecular weight excluding hydrogens is 174 g/mol. The number of nitriles is 1. The van der Waals surface area contributed by atoms with Crippen molar-refractivity contribution in [2.24, 2.45) is 0 Å². The van der Waals surface area contributed by atoms with Gasteiger partial charge >= 0.3 is 0 Å². The maximum absolute atomic E-state index is 8.70. The van der Waals surface area contributed by atoms with Gasteiger partial charge in [-0.05, 0) is 13.3 Å². The highest BCUT2D eigenvalue weighted by Crippen LogP contribution is 2.11. The molecule has 0 aromatic carbocycles. The van der Waals surface area contributed by atoms with Crippen LogP contribution < -0.4 is 0 Å². The third-order valence-electron chi connectivity index (χ3n) is 3.04. The third-order valence-corrected chi connectivity index (χ3v) is 3.04. The van der Waals surface area contributed by atoms with Gasteiger partial charge in [-0.25, -0.2) is 0 Å². The van der Waals surface area contributed by atoms with Gasteiger partial charge in [-0.1, -0.05) is 13.5 Å². The molecule has 0 saturated carbocycles. The number of allylic oxidation sites excluding steroid dienone is 1. The molecule has 1 saturated heterocycles. The second-order valence-corrected chi connectivity index (χ2v) is 3.84. The van der Waals surface area contributed by atoms with Gasteiger partial charge in [-0.15, -0.1) is 0 Å². The van der Waals surface area contributed by atoms with Crippen molar-refractivity contribution < 1.29 is 0 Å². The topological polar surface area (TPSA) is 30.3 Å². The minimum atomic E-state index is 0.605. The van der Waals surface area contributed by atoms with E-state index in [2.05, 4.69) is 36.3 Å². The molecule has 0 amide bonds. The van der Waals surface area contributed by atoms with E-state index in [1.807, 2.05) is 0 Å². The van der Waals surface area contributed by atoms with E-state index < -0.39 is 0 Å². The Labute approximate surface area is 86.6 Å². The van der Waals surface area contributed by atoms with Gasteiger partial charge in [0.25, 0.3) is 0 Å². The van der Waals surface area contributed by atoms with Crippen molar-refractivity contribution >= 4 is 0 Å². The second-order valence-electron chi connectivity index (χ2n) is 3.84. The summed E-state index contributed by atoms with van der Waals surface area (Å²) < 4.78 is 0. The number of nitrogens with zero attached hydrogens (tertiary/aromatic N) is 3. The first-order valence-electron chi connectivity index (χ1n) is 5.27. The molecule has 1 aliphatic rings. The van der Waals surface area contributed by atoms with Crippen LogP contribution in [0.4, 0.5) is 0 Å². The van der Waals surface area contributed by atoms with Crippen LogP contribution in [0.3, 0.4) is 0 Å². The standard InChI is InChI=1S/C11H19N3/c1-4-10(2)13-5-7-14(8-6-13)11(3)9-12/h10H,3-8H2,1-2H3. The van der Waals surface area contributed by atoms with Crippen molar-refractivity contribution in [3.05, 3.63) is 12.3 Å². The van der Waals surface area contributed by atoms with Crippen LogP contribution in [-0.2, 0) is 0 Å². The number of piperazine rings is 1. The van der Waals surface area contributed by atoms with Gasteiger partial charge in [0.15, 0.2) is 0 Å². The highest BCUT2D eigenvalue weighted by atomic mass is 15.3. The van der Waals surface area contributed by atoms with E-state index in [0.717, 1.165) is 26.2 Å². The van der Waals surface area contributed by atoms with Crippen LogP contribution in [0.1, 0.15) is 20.3 Å². The van der Waals surface area contributed by atoms with Crippen molar-refractivity contribution in [1.29, 1.82) is 5.26 Å². The smallest absolute Gasteiger partial charge is 0.116 e. The monoisotopic (exact) mass is 193 g/mol. The molecule has 0 spiro atoms. The molecule has 78 valence electrons. The zero-order valence-corrected chi connectivity index (χ0v) is 9.16. The largest absolute Gasteiger partial charge is 0.361 e. The highest BCUT2D eigenvalue weighted by molar-refractivity contribution is 5.15. The average molecular weight is 193 g/mol. The van der Waals surface area contributed by atoms with E-state index in [4.69, 9.17) is 5.26 Å². The normalized spacial score (nSPS) is 20.2. The zero-order chi connectivity index (χ0) is 10.6. The molecule has 1 fully saturated rings. The molecule has 0 aliphatic carbocycles. The van der Waals surface area contributed by atoms with Gasteiger partial charge in [0.2, 0.25) is 0 Å². The van der Waals surface area contributed by atoms with E-state index in [9.17, 15) is 0 Å². The number of hydrogen-bond acceptors (Lipinski definition) is 3. The lowest BCUT2D eigenvalue weighted by Crippen LogP contribution is -2.48. The molecule has 0 radical (unpaired) electrons. The van der Waals surface area contributed by atoms with Crippen LogP contribution in [0.5, 0.6) is 0 Å². The van der Waals surface area contributed by atoms with Crippen molar-refractivity contribution in [2.45, 2.75) is 26.3 Å². The summed E-state index contributed by atoms with van der Waals surface area (Å²) in [5.74, 6) is 0. The van der Waals surface area contributed by atoms with E-state index in [-0.39, 0.29) is 0 Å². The van der Waals surface area contributed by atoms with Gasteiger partial charge in [0.05, 0.1) is 0 Å². The van der Waals surface area contributed by atoms with Crippen molar-refractivity contribution in [1.82, 2.24) is 9.80 Å². The molecule has 3 heteroatoms. The molecule has 1 heterocycles. The Morgan fingerprint density at radius 1 is 1.43 bits per heavy atom. The van der Waals surface area contributed by atoms with Crippen LogP contribution in [0.2, 0.25) is 0 Å². The van der Waals surface area contributed by atoms with Crippen LogP contribution in [-0.4, -0.2) is 42.0 Å². The minimum Gasteiger partial charge on any atom is -0.361 e. The fraction of sp³-hybridized carbons (Fsp3) is 0.727. The Bertz CT molecular complexity index is 233. The van der Waals surface area contributed by atoms with Gasteiger partial charge in [0, 0.05) is 32.2 Å². The predicted molar refractivity (Wildman–Crippen MR) is 57.7 cm³/mol. The predicted octanol–water partition coefficient (Wildman–Crippen LogP) is 1.44. The molecule has 1 unspecified atom stereocenters. The maximum atomic E-state index is 8.70. The molecule has 3 nitrogen and oxygen atoms in total. The van der Waals surface area contributed by atoms with Crippen LogP contribution in [0.15, 0.2) is 12.3 Å². The van der Waals surface area contributed by atoms with Gasteiger partial charge in [-0.2, -0.15) is 5.26 Å². The first kappa shape index (κ1) is 11.1. The Morgan fingerprint density at radius 2 is 2.00 bits per heavy atom. The quantitative estimate of drug-likeness (QED) is 0.635. The minimum absolute atomic E-state index is 0.605. The van der Waals surface area contributed by atoms with Crippen LogP contribution in [0, 0.1) is 11.3 Å². The molecule has 0 bridgehead atoms. The third kappa shape index (κ3) is 2.49. The lowest BCUT2D eigenvalue weighted by molar-refractivity contribution is 0.123. The van der Waals surface area contributed by atoms with E-state index in [1.165, 1.54) is 6.42 Å². The highest BCUT2D eigenvalue weighted by Gasteiger charge is 2.20. The average Bonchev–Trinajstić information content (AvgIpc) is 2.27. The Hall–Kier alpha value is -1.01. The fourth-order valence-corrected chi connectivity index (χ4v) is 1.76. The van der Waals surface area contributed by atoms with Crippen LogP contribution in [0.25, 0.3) is 0 Å². The maximum Gasteiger partial charge on any atom is 0.116 e. The van der Waals surface area contributed by atoms with Crippen molar-refractivity contribution in [3.8, 4) is 6.07 Å². The lowest BCUT2D eigenvalue weighted by Gasteiger charge is -2.38. The number of hydrogen-bond donors (Lipinski definition) is 0. The van der Waals surface area contributed by atoms with Gasteiger partial charge in [0.1, 0.15) is 11.8 Å². The summed E-state index contributed by atoms with van der Waals surface area (Å²) in [4.78, 5) is 4.54. The van der Waals surface area contributed by atoms with Crippen molar-refractivity contribution in [2.75, 3.05) is 26.2 Å². The molecule has 1 aliphatic heterocycles. The molecule has 0 aromatic rings. The summed E-state index contributed by atoms with van der Waals surface area (Å²) in [7, 11) is 0. The first-order chi connectivity index (χ1) is 6.69. The molecule has 14 heavy (non-hydrogen) atoms. The fourth-order valence-electron chi connectivity index (χ4n) is 1.76. The summed E-state index contributed by atoms with van der Waals surface area (Å²) in [5, 5.41) is 8.70. The molecule has 0 N–H and O–H groups in total. The van der Waals surface area contributed by atoms with Gasteiger partial charge in [-0.3, -0.25) is 4.90 Å². The summed E-state index contributed by atoms with van der Waals surface area (Å²) in [6.07, 6.45) is 1.19. The Kier molecular flexibility index (Phi) is 3.97. The summed E-state index contributed by atoms with van der Waals surface area (Å²) in [6, 6.07) is 2.77. The summed E-state index contributed by atoms with van der Waals surface area (Å²) >= 11 is 0. The molecule has 1 rings (SSSR count). The van der Waals surface area contributed by atoms with E-state index >= 15 is 0 Å². The Morgan fingerprint density at radius 3 is 2.43 bits per heavy atom. The number of rotatable bonds is 3. The first-order valence-corrected chi connectivity index (χ1v) is 5.27. The van der Waals surface area contributed by atoms with E-state index in [1.54, 1.807) is 0 Å². The molecule has 0 aromatic heterocycles. The molecule has 1 atom stereocenters. The van der Waals surface area contributed by atoms with Gasteiger partial charge < -0.3 is 4.90 Å². The zero-order valence-electron chi connectivity index (χ0n) is 9.16. The van der Waals surface area contributed by atoms with E-state index in [0.29, 0.717) is 11.7 Å².